The highest BCUT2D eigenvalue weighted by atomic mass is 31.2. The summed E-state index contributed by atoms with van der Waals surface area (Å²) in [4.78, 5) is 38.0. The molecule has 0 fully saturated rings. The van der Waals surface area contributed by atoms with Gasteiger partial charge in [0.15, 0.2) is 6.10 Å². The molecule has 0 spiro atoms. The van der Waals surface area contributed by atoms with Crippen LogP contribution in [0.4, 0.5) is 0 Å². The molecule has 0 aliphatic rings. The first-order valence-corrected chi connectivity index (χ1v) is 34.9. The average molecular weight is 1230 g/mol. The molecular weight excluding hydrogens is 1110 g/mol. The van der Waals surface area contributed by atoms with Gasteiger partial charge in [-0.3, -0.25) is 14.2 Å². The van der Waals surface area contributed by atoms with Crippen LogP contribution in [0.1, 0.15) is 206 Å². The minimum absolute atomic E-state index is 0.0558. The second kappa shape index (κ2) is 65.8. The largest absolute Gasteiger partial charge is 0.756 e. The number of likely N-dealkylation sites (N-methyl/N-ethyl adjacent to an activating group) is 1. The molecule has 88 heavy (non-hydrogen) atoms. The Kier molecular flexibility index (Phi) is 61.5. The highest BCUT2D eigenvalue weighted by Crippen LogP contribution is 2.38. The molecule has 0 saturated carbocycles. The highest BCUT2D eigenvalue weighted by Gasteiger charge is 2.21. The average Bonchev–Trinajstić information content (AvgIpc) is 3.56. The Labute approximate surface area is 538 Å². The maximum absolute atomic E-state index is 12.8. The Morgan fingerprint density at radius 3 is 0.932 bits per heavy atom. The molecule has 0 radical (unpaired) electrons. The number of esters is 2. The van der Waals surface area contributed by atoms with Gasteiger partial charge in [-0.2, -0.15) is 0 Å². The Bertz CT molecular complexity index is 2280. The van der Waals surface area contributed by atoms with Crippen molar-refractivity contribution in [2.45, 2.75) is 213 Å². The first-order valence-electron chi connectivity index (χ1n) is 33.4. The van der Waals surface area contributed by atoms with Crippen molar-refractivity contribution >= 4 is 19.8 Å². The summed E-state index contributed by atoms with van der Waals surface area (Å²) >= 11 is 0. The van der Waals surface area contributed by atoms with Crippen molar-refractivity contribution in [2.24, 2.45) is 0 Å². The molecule has 0 aliphatic heterocycles. The van der Waals surface area contributed by atoms with Crippen molar-refractivity contribution in [3.05, 3.63) is 219 Å². The molecule has 0 aromatic heterocycles. The van der Waals surface area contributed by atoms with Crippen molar-refractivity contribution < 1.29 is 42.1 Å². The summed E-state index contributed by atoms with van der Waals surface area (Å²) in [5, 5.41) is 0. The summed E-state index contributed by atoms with van der Waals surface area (Å²) in [6.07, 6.45) is 106. The summed E-state index contributed by atoms with van der Waals surface area (Å²) in [6, 6.07) is 0. The van der Waals surface area contributed by atoms with E-state index in [1.54, 1.807) is 0 Å². The minimum Gasteiger partial charge on any atom is -0.756 e. The van der Waals surface area contributed by atoms with Gasteiger partial charge in [-0.1, -0.05) is 258 Å². The van der Waals surface area contributed by atoms with Crippen LogP contribution < -0.4 is 4.89 Å². The summed E-state index contributed by atoms with van der Waals surface area (Å²) in [5.41, 5.74) is 0. The molecule has 0 bridgehead atoms. The molecule has 0 aliphatic carbocycles. The normalized spacial score (nSPS) is 14.6. The number of carbonyl (C=O) groups is 2. The van der Waals surface area contributed by atoms with Crippen LogP contribution >= 0.6 is 7.82 Å². The molecule has 10 heteroatoms. The Balaban J connectivity index is 4.31. The van der Waals surface area contributed by atoms with E-state index < -0.39 is 32.5 Å². The molecule has 0 amide bonds. The molecule has 0 N–H and O–H groups in total. The van der Waals surface area contributed by atoms with Gasteiger partial charge < -0.3 is 27.9 Å². The maximum atomic E-state index is 12.8. The number of phosphoric acid groups is 1. The van der Waals surface area contributed by atoms with E-state index in [0.717, 1.165) is 167 Å². The Hall–Kier alpha value is -5.67. The fourth-order valence-corrected chi connectivity index (χ4v) is 8.66. The van der Waals surface area contributed by atoms with Gasteiger partial charge in [0.2, 0.25) is 0 Å². The standard InChI is InChI=1S/C78H120NO8P/c1-6-8-10-12-14-16-18-20-22-24-26-28-30-32-34-36-38-39-41-43-45-47-49-51-53-55-57-59-61-63-65-67-69-71-78(81)87-76(75-86-88(82,83)85-73-72-79(3,4)5)74-84-77(80)70-68-66-64-62-60-58-56-54-52-50-48-46-44-42-40-37-35-33-31-29-27-25-23-21-19-17-15-13-11-9-7-2/h8-11,14-17,20-23,26-29,32-35,38-40,42-43,45-46,48-49,51-52,54-55,57,61,63,76H,6-7,12-13,18-19,24-25,30-31,36-37,41,44,47,50,53,56,58-60,62,64-75H2,1-5H3/b10-8-,11-9-,16-14-,17-15-,22-20-,23-21-,28-26-,29-27-,34-32-,35-33-,39-38-,42-40-,45-43-,48-46-,51-49-,54-52-,57-55-,63-61-. The third-order valence-corrected chi connectivity index (χ3v) is 14.0. The van der Waals surface area contributed by atoms with E-state index in [1.807, 2.05) is 21.1 Å². The first kappa shape index (κ1) is 82.3. The van der Waals surface area contributed by atoms with Crippen LogP contribution in [-0.2, 0) is 32.7 Å². The van der Waals surface area contributed by atoms with E-state index in [1.165, 1.54) is 0 Å². The molecule has 0 aromatic rings. The van der Waals surface area contributed by atoms with Crippen molar-refractivity contribution in [1.82, 2.24) is 0 Å². The molecule has 0 rings (SSSR count). The number of unbranched alkanes of at least 4 members (excludes halogenated alkanes) is 8. The number of nitrogens with zero attached hydrogens (tertiary/aromatic N) is 1. The fourth-order valence-electron chi connectivity index (χ4n) is 7.93. The molecule has 490 valence electrons. The van der Waals surface area contributed by atoms with E-state index in [4.69, 9.17) is 18.5 Å². The number of phosphoric ester groups is 1. The molecule has 9 nitrogen and oxygen atoms in total. The molecule has 2 unspecified atom stereocenters. The van der Waals surface area contributed by atoms with Crippen molar-refractivity contribution in [2.75, 3.05) is 47.5 Å². The molecule has 0 saturated heterocycles. The van der Waals surface area contributed by atoms with Crippen LogP contribution in [0, 0.1) is 0 Å². The topological polar surface area (TPSA) is 111 Å². The van der Waals surface area contributed by atoms with Gasteiger partial charge in [-0.25, -0.2) is 0 Å². The van der Waals surface area contributed by atoms with Crippen LogP contribution in [0.2, 0.25) is 0 Å². The molecule has 0 heterocycles. The van der Waals surface area contributed by atoms with Gasteiger partial charge in [0.05, 0.1) is 27.7 Å². The monoisotopic (exact) mass is 1230 g/mol. The third-order valence-electron chi connectivity index (χ3n) is 13.0. The summed E-state index contributed by atoms with van der Waals surface area (Å²) in [6.45, 7) is 3.90. The van der Waals surface area contributed by atoms with Crippen LogP contribution in [0.5, 0.6) is 0 Å². The van der Waals surface area contributed by atoms with Crippen LogP contribution in [0.25, 0.3) is 0 Å². The maximum Gasteiger partial charge on any atom is 0.306 e. The van der Waals surface area contributed by atoms with Gasteiger partial charge in [0.25, 0.3) is 7.82 Å². The zero-order valence-corrected chi connectivity index (χ0v) is 56.5. The number of quaternary nitrogens is 1. The van der Waals surface area contributed by atoms with Gasteiger partial charge in [0.1, 0.15) is 19.8 Å². The minimum atomic E-state index is -4.68. The number of ether oxygens (including phenoxy) is 2. The lowest BCUT2D eigenvalue weighted by Gasteiger charge is -2.28. The van der Waals surface area contributed by atoms with Crippen LogP contribution in [-0.4, -0.2) is 70.0 Å². The summed E-state index contributed by atoms with van der Waals surface area (Å²) in [7, 11) is 1.09. The summed E-state index contributed by atoms with van der Waals surface area (Å²) in [5.74, 6) is -0.923. The lowest BCUT2D eigenvalue weighted by Crippen LogP contribution is -2.37. The van der Waals surface area contributed by atoms with Gasteiger partial charge in [0, 0.05) is 12.8 Å². The van der Waals surface area contributed by atoms with Crippen LogP contribution in [0.15, 0.2) is 219 Å². The van der Waals surface area contributed by atoms with Crippen molar-refractivity contribution in [3.63, 3.8) is 0 Å². The second-order valence-corrected chi connectivity index (χ2v) is 23.8. The zero-order chi connectivity index (χ0) is 64.1. The van der Waals surface area contributed by atoms with Crippen molar-refractivity contribution in [3.8, 4) is 0 Å². The molecule has 0 aromatic carbocycles. The second-order valence-electron chi connectivity index (χ2n) is 22.4. The van der Waals surface area contributed by atoms with Gasteiger partial charge >= 0.3 is 11.9 Å². The molecular formula is C78H120NO8P. The van der Waals surface area contributed by atoms with Crippen LogP contribution in [0.3, 0.4) is 0 Å². The molecule has 2 atom stereocenters. The first-order chi connectivity index (χ1) is 43.0. The quantitative estimate of drug-likeness (QED) is 0.0195. The number of allylic oxidation sites excluding steroid dienone is 36. The highest BCUT2D eigenvalue weighted by molar-refractivity contribution is 7.45. The number of carbonyl (C=O) groups excluding carboxylic acids is 2. The third kappa shape index (κ3) is 69.4. The van der Waals surface area contributed by atoms with E-state index >= 15 is 0 Å². The predicted molar refractivity (Wildman–Crippen MR) is 378 cm³/mol. The van der Waals surface area contributed by atoms with E-state index in [9.17, 15) is 19.0 Å². The smallest absolute Gasteiger partial charge is 0.306 e. The van der Waals surface area contributed by atoms with E-state index in [0.29, 0.717) is 23.9 Å². The van der Waals surface area contributed by atoms with Gasteiger partial charge in [-0.05, 0) is 154 Å². The fraction of sp³-hybridized carbons (Fsp3) is 0.513. The number of hydrogen-bond acceptors (Lipinski definition) is 8. The lowest BCUT2D eigenvalue weighted by molar-refractivity contribution is -0.870. The van der Waals surface area contributed by atoms with Crippen molar-refractivity contribution in [1.29, 1.82) is 0 Å². The number of rotatable bonds is 58. The van der Waals surface area contributed by atoms with E-state index in [-0.39, 0.29) is 26.1 Å². The number of hydrogen-bond donors (Lipinski definition) is 0. The zero-order valence-electron chi connectivity index (χ0n) is 55.6. The van der Waals surface area contributed by atoms with Gasteiger partial charge in [-0.15, -0.1) is 0 Å². The Morgan fingerprint density at radius 1 is 0.352 bits per heavy atom. The lowest BCUT2D eigenvalue weighted by atomic mass is 10.1. The van der Waals surface area contributed by atoms with E-state index in [2.05, 4.69) is 233 Å². The predicted octanol–water partition coefficient (Wildman–Crippen LogP) is 21.4. The Morgan fingerprint density at radius 2 is 0.614 bits per heavy atom. The summed E-state index contributed by atoms with van der Waals surface area (Å²) < 4.78 is 34.2. The SMILES string of the molecule is CC/C=C\C/C=C\C/C=C\C/C=C\C/C=C\C/C=C\C/C=C\C/C=C\C/C=C\C/C=C\CCCCC(=O)OC(COC(=O)CCCCCCCC/C=C\C/C=C\C/C=C\C/C=C\C/C=C\C/C=C\C/C=C\C/C=C\CC)COP(=O)([O-])OCC[N+](C)(C)C.